The number of rotatable bonds is 6. The molecule has 0 unspecified atom stereocenters. The number of hydrogen-bond donors (Lipinski definition) is 1. The molecular formula is C16H23N5O. The zero-order chi connectivity index (χ0) is 15.2. The number of aromatic amines is 1. The van der Waals surface area contributed by atoms with Crippen LogP contribution in [0, 0.1) is 0 Å². The number of aromatic nitrogens is 4. The van der Waals surface area contributed by atoms with E-state index in [2.05, 4.69) is 31.8 Å². The molecule has 3 heterocycles. The predicted octanol–water partition coefficient (Wildman–Crippen LogP) is 2.12. The zero-order valence-electron chi connectivity index (χ0n) is 13.0. The average Bonchev–Trinajstić information content (AvgIpc) is 3.01. The van der Waals surface area contributed by atoms with Crippen molar-refractivity contribution in [1.82, 2.24) is 24.8 Å². The molecule has 1 fully saturated rings. The molecule has 22 heavy (non-hydrogen) atoms. The van der Waals surface area contributed by atoms with Crippen LogP contribution < -0.4 is 0 Å². The van der Waals surface area contributed by atoms with Crippen molar-refractivity contribution in [3.63, 3.8) is 0 Å². The van der Waals surface area contributed by atoms with Crippen LogP contribution in [0.25, 0.3) is 0 Å². The molecule has 1 aliphatic heterocycles. The molecule has 118 valence electrons. The van der Waals surface area contributed by atoms with Gasteiger partial charge in [0.1, 0.15) is 11.9 Å². The van der Waals surface area contributed by atoms with Crippen LogP contribution in [-0.4, -0.2) is 44.5 Å². The molecule has 0 aromatic carbocycles. The summed E-state index contributed by atoms with van der Waals surface area (Å²) in [6.07, 6.45) is 10.6. The quantitative estimate of drug-likeness (QED) is 0.885. The summed E-state index contributed by atoms with van der Waals surface area (Å²) in [6.45, 7) is 5.56. The SMILES string of the molecule is CCCCc1ncc(CN2CCO[C@@H](c3cnccn3)C2)[nH]1. The molecule has 6 nitrogen and oxygen atoms in total. The van der Waals surface area contributed by atoms with Gasteiger partial charge in [0.05, 0.1) is 18.5 Å². The summed E-state index contributed by atoms with van der Waals surface area (Å²) in [5, 5.41) is 0. The van der Waals surface area contributed by atoms with Gasteiger partial charge in [-0.3, -0.25) is 14.9 Å². The smallest absolute Gasteiger partial charge is 0.114 e. The summed E-state index contributed by atoms with van der Waals surface area (Å²) in [5.74, 6) is 1.09. The summed E-state index contributed by atoms with van der Waals surface area (Å²) in [5.41, 5.74) is 2.08. The third-order valence-corrected chi connectivity index (χ3v) is 3.91. The lowest BCUT2D eigenvalue weighted by Crippen LogP contribution is -2.38. The number of nitrogens with one attached hydrogen (secondary N) is 1. The monoisotopic (exact) mass is 301 g/mol. The van der Waals surface area contributed by atoms with Gasteiger partial charge in [0, 0.05) is 50.3 Å². The Morgan fingerprint density at radius 1 is 1.32 bits per heavy atom. The molecule has 0 spiro atoms. The van der Waals surface area contributed by atoms with Gasteiger partial charge in [0.15, 0.2) is 0 Å². The van der Waals surface area contributed by atoms with Gasteiger partial charge in [-0.25, -0.2) is 4.98 Å². The van der Waals surface area contributed by atoms with E-state index < -0.39 is 0 Å². The first-order valence-corrected chi connectivity index (χ1v) is 7.97. The highest BCUT2D eigenvalue weighted by atomic mass is 16.5. The van der Waals surface area contributed by atoms with E-state index in [0.717, 1.165) is 44.2 Å². The largest absolute Gasteiger partial charge is 0.369 e. The van der Waals surface area contributed by atoms with E-state index in [0.29, 0.717) is 0 Å². The second kappa shape index (κ2) is 7.47. The van der Waals surface area contributed by atoms with Gasteiger partial charge in [0.25, 0.3) is 0 Å². The van der Waals surface area contributed by atoms with E-state index in [1.54, 1.807) is 18.6 Å². The maximum Gasteiger partial charge on any atom is 0.114 e. The average molecular weight is 301 g/mol. The second-order valence-corrected chi connectivity index (χ2v) is 5.68. The number of aryl methyl sites for hydroxylation is 1. The minimum atomic E-state index is 0.00457. The van der Waals surface area contributed by atoms with Crippen molar-refractivity contribution in [1.29, 1.82) is 0 Å². The molecule has 1 N–H and O–H groups in total. The highest BCUT2D eigenvalue weighted by Crippen LogP contribution is 2.20. The molecule has 0 radical (unpaired) electrons. The number of ether oxygens (including phenoxy) is 1. The minimum absolute atomic E-state index is 0.00457. The maximum absolute atomic E-state index is 5.82. The Morgan fingerprint density at radius 3 is 3.09 bits per heavy atom. The first-order chi connectivity index (χ1) is 10.8. The molecule has 1 atom stereocenters. The summed E-state index contributed by atoms with van der Waals surface area (Å²) < 4.78 is 5.82. The normalized spacial score (nSPS) is 19.4. The Labute approximate surface area is 131 Å². The van der Waals surface area contributed by atoms with Crippen molar-refractivity contribution in [2.75, 3.05) is 19.7 Å². The highest BCUT2D eigenvalue weighted by Gasteiger charge is 2.23. The fraction of sp³-hybridized carbons (Fsp3) is 0.562. The number of unbranched alkanes of at least 4 members (excludes halogenated alkanes) is 1. The molecular weight excluding hydrogens is 278 g/mol. The molecule has 2 aromatic heterocycles. The van der Waals surface area contributed by atoms with Gasteiger partial charge in [0.2, 0.25) is 0 Å². The van der Waals surface area contributed by atoms with E-state index >= 15 is 0 Å². The van der Waals surface area contributed by atoms with Crippen molar-refractivity contribution in [2.45, 2.75) is 38.8 Å². The molecule has 3 rings (SSSR count). The highest BCUT2D eigenvalue weighted by molar-refractivity contribution is 5.04. The van der Waals surface area contributed by atoms with Crippen molar-refractivity contribution in [3.8, 4) is 0 Å². The molecule has 0 bridgehead atoms. The third-order valence-electron chi connectivity index (χ3n) is 3.91. The van der Waals surface area contributed by atoms with E-state index in [-0.39, 0.29) is 6.10 Å². The fourth-order valence-electron chi connectivity index (χ4n) is 2.70. The molecule has 2 aromatic rings. The van der Waals surface area contributed by atoms with Crippen LogP contribution in [0.15, 0.2) is 24.8 Å². The lowest BCUT2D eigenvalue weighted by molar-refractivity contribution is -0.0354. The Hall–Kier alpha value is -1.79. The topological polar surface area (TPSA) is 66.9 Å². The number of imidazole rings is 1. The molecule has 0 aliphatic carbocycles. The number of nitrogens with zero attached hydrogens (tertiary/aromatic N) is 4. The first kappa shape index (κ1) is 15.1. The molecule has 0 saturated carbocycles. The van der Waals surface area contributed by atoms with Crippen LogP contribution in [0.5, 0.6) is 0 Å². The Kier molecular flexibility index (Phi) is 5.13. The number of H-pyrrole nitrogens is 1. The third kappa shape index (κ3) is 3.90. The predicted molar refractivity (Wildman–Crippen MR) is 83.2 cm³/mol. The maximum atomic E-state index is 5.82. The Morgan fingerprint density at radius 2 is 2.27 bits per heavy atom. The summed E-state index contributed by atoms with van der Waals surface area (Å²) in [4.78, 5) is 18.7. The van der Waals surface area contributed by atoms with Crippen LogP contribution in [0.4, 0.5) is 0 Å². The molecule has 0 amide bonds. The molecule has 1 aliphatic rings. The molecule has 1 saturated heterocycles. The van der Waals surface area contributed by atoms with E-state index in [1.807, 2.05) is 6.20 Å². The lowest BCUT2D eigenvalue weighted by Gasteiger charge is -2.32. The van der Waals surface area contributed by atoms with Gasteiger partial charge in [-0.05, 0) is 6.42 Å². The summed E-state index contributed by atoms with van der Waals surface area (Å²) >= 11 is 0. The van der Waals surface area contributed by atoms with E-state index in [4.69, 9.17) is 4.74 Å². The van der Waals surface area contributed by atoms with Gasteiger partial charge < -0.3 is 9.72 Å². The van der Waals surface area contributed by atoms with Crippen molar-refractivity contribution < 1.29 is 4.74 Å². The van der Waals surface area contributed by atoms with Crippen LogP contribution in [0.2, 0.25) is 0 Å². The van der Waals surface area contributed by atoms with Gasteiger partial charge in [-0.1, -0.05) is 13.3 Å². The molecule has 6 heteroatoms. The minimum Gasteiger partial charge on any atom is -0.369 e. The van der Waals surface area contributed by atoms with Crippen molar-refractivity contribution >= 4 is 0 Å². The summed E-state index contributed by atoms with van der Waals surface area (Å²) in [6, 6.07) is 0. The van der Waals surface area contributed by atoms with Gasteiger partial charge in [-0.15, -0.1) is 0 Å². The van der Waals surface area contributed by atoms with Crippen LogP contribution in [0.3, 0.4) is 0 Å². The van der Waals surface area contributed by atoms with Gasteiger partial charge in [-0.2, -0.15) is 0 Å². The second-order valence-electron chi connectivity index (χ2n) is 5.68. The lowest BCUT2D eigenvalue weighted by atomic mass is 10.2. The van der Waals surface area contributed by atoms with Crippen molar-refractivity contribution in [3.05, 3.63) is 42.0 Å². The van der Waals surface area contributed by atoms with Crippen LogP contribution >= 0.6 is 0 Å². The Balaban J connectivity index is 1.57. The Bertz CT molecular complexity index is 571. The zero-order valence-corrected chi connectivity index (χ0v) is 13.0. The summed E-state index contributed by atoms with van der Waals surface area (Å²) in [7, 11) is 0. The standard InChI is InChI=1S/C16H23N5O/c1-2-3-4-16-19-9-13(20-16)11-21-7-8-22-15(12-21)14-10-17-5-6-18-14/h5-6,9-10,15H,2-4,7-8,11-12H2,1H3,(H,19,20)/t15-/m1/s1. The number of hydrogen-bond acceptors (Lipinski definition) is 5. The first-order valence-electron chi connectivity index (χ1n) is 7.97. The fourth-order valence-corrected chi connectivity index (χ4v) is 2.70. The number of morpholine rings is 1. The van der Waals surface area contributed by atoms with Crippen molar-refractivity contribution in [2.24, 2.45) is 0 Å². The van der Waals surface area contributed by atoms with E-state index in [9.17, 15) is 0 Å². The van der Waals surface area contributed by atoms with Crippen LogP contribution in [0.1, 0.15) is 43.1 Å². The van der Waals surface area contributed by atoms with Gasteiger partial charge >= 0.3 is 0 Å². The van der Waals surface area contributed by atoms with Crippen LogP contribution in [-0.2, 0) is 17.7 Å². The van der Waals surface area contributed by atoms with E-state index in [1.165, 1.54) is 18.5 Å².